The monoisotopic (exact) mass is 349 g/mol. The van der Waals surface area contributed by atoms with Crippen molar-refractivity contribution in [2.24, 2.45) is 0 Å². The number of carbonyl (C=O) groups excluding carboxylic acids is 4. The number of esters is 3. The topological polar surface area (TPSA) is 108 Å². The van der Waals surface area contributed by atoms with Crippen molar-refractivity contribution in [3.63, 3.8) is 0 Å². The van der Waals surface area contributed by atoms with Crippen molar-refractivity contribution in [3.05, 3.63) is 48.0 Å². The normalized spacial score (nSPS) is 10.1. The molecule has 1 amide bonds. The highest BCUT2D eigenvalue weighted by atomic mass is 16.5. The lowest BCUT2D eigenvalue weighted by atomic mass is 10.2. The average molecular weight is 349 g/mol. The minimum atomic E-state index is -0.886. The van der Waals surface area contributed by atoms with E-state index < -0.39 is 30.4 Å². The molecule has 0 saturated carbocycles. The largest absolute Gasteiger partial charge is 0.465 e. The van der Waals surface area contributed by atoms with Gasteiger partial charge in [-0.3, -0.25) is 9.59 Å². The van der Waals surface area contributed by atoms with Crippen LogP contribution in [0.1, 0.15) is 12.5 Å². The minimum absolute atomic E-state index is 0.0787. The van der Waals surface area contributed by atoms with Crippen molar-refractivity contribution in [2.75, 3.05) is 19.8 Å². The molecule has 25 heavy (non-hydrogen) atoms. The second-order valence-electron chi connectivity index (χ2n) is 4.62. The van der Waals surface area contributed by atoms with E-state index in [1.165, 1.54) is 0 Å². The van der Waals surface area contributed by atoms with E-state index in [0.717, 1.165) is 17.7 Å². The maximum atomic E-state index is 11.5. The lowest BCUT2D eigenvalue weighted by Gasteiger charge is -2.05. The minimum Gasteiger partial charge on any atom is -0.465 e. The zero-order valence-corrected chi connectivity index (χ0v) is 13.7. The summed E-state index contributed by atoms with van der Waals surface area (Å²) >= 11 is 0. The van der Waals surface area contributed by atoms with E-state index in [9.17, 15) is 19.2 Å². The van der Waals surface area contributed by atoms with E-state index in [-0.39, 0.29) is 19.8 Å². The molecule has 8 heteroatoms. The van der Waals surface area contributed by atoms with Crippen LogP contribution in [0.2, 0.25) is 0 Å². The van der Waals surface area contributed by atoms with Crippen LogP contribution in [-0.2, 0) is 40.0 Å². The molecule has 0 aliphatic rings. The molecule has 0 bridgehead atoms. The SMILES string of the molecule is CCOC(=O)CNC(=O)COC(=O)/C=C/C(=O)OCc1ccccc1. The molecule has 1 aromatic carbocycles. The summed E-state index contributed by atoms with van der Waals surface area (Å²) in [6.07, 6.45) is 1.76. The fourth-order valence-electron chi connectivity index (χ4n) is 1.53. The third-order valence-corrected chi connectivity index (χ3v) is 2.66. The molecule has 134 valence electrons. The number of benzene rings is 1. The quantitative estimate of drug-likeness (QED) is 0.393. The maximum absolute atomic E-state index is 11.5. The highest BCUT2D eigenvalue weighted by Gasteiger charge is 2.08. The summed E-state index contributed by atoms with van der Waals surface area (Å²) in [4.78, 5) is 45.2. The zero-order valence-electron chi connectivity index (χ0n) is 13.7. The van der Waals surface area contributed by atoms with Crippen LogP contribution >= 0.6 is 0 Å². The number of hydrogen-bond donors (Lipinski definition) is 1. The zero-order chi connectivity index (χ0) is 18.5. The lowest BCUT2D eigenvalue weighted by Crippen LogP contribution is -2.33. The van der Waals surface area contributed by atoms with Crippen LogP contribution in [0.25, 0.3) is 0 Å². The van der Waals surface area contributed by atoms with Gasteiger partial charge in [0.25, 0.3) is 5.91 Å². The number of hydrogen-bond acceptors (Lipinski definition) is 7. The summed E-state index contributed by atoms with van der Waals surface area (Å²) < 4.78 is 14.2. The summed E-state index contributed by atoms with van der Waals surface area (Å²) in [6.45, 7) is 1.02. The van der Waals surface area contributed by atoms with Crippen LogP contribution in [0.3, 0.4) is 0 Å². The lowest BCUT2D eigenvalue weighted by molar-refractivity contribution is -0.146. The molecule has 0 heterocycles. The van der Waals surface area contributed by atoms with Gasteiger partial charge >= 0.3 is 17.9 Å². The van der Waals surface area contributed by atoms with Gasteiger partial charge < -0.3 is 19.5 Å². The Labute approximate surface area is 144 Å². The standard InChI is InChI=1S/C17H19NO7/c1-2-23-17(22)10-18-14(19)12-25-16(21)9-8-15(20)24-11-13-6-4-3-5-7-13/h3-9H,2,10-12H2,1H3,(H,18,19)/b9-8+. The molecule has 0 spiro atoms. The van der Waals surface area contributed by atoms with Crippen LogP contribution in [0, 0.1) is 0 Å². The van der Waals surface area contributed by atoms with E-state index in [2.05, 4.69) is 14.8 Å². The fourth-order valence-corrected chi connectivity index (χ4v) is 1.53. The first-order valence-electron chi connectivity index (χ1n) is 7.49. The molecule has 0 aliphatic carbocycles. The van der Waals surface area contributed by atoms with Crippen molar-refractivity contribution in [1.29, 1.82) is 0 Å². The van der Waals surface area contributed by atoms with Crippen LogP contribution < -0.4 is 5.32 Å². The van der Waals surface area contributed by atoms with E-state index >= 15 is 0 Å². The van der Waals surface area contributed by atoms with E-state index in [1.807, 2.05) is 18.2 Å². The van der Waals surface area contributed by atoms with Crippen LogP contribution in [-0.4, -0.2) is 43.6 Å². The van der Waals surface area contributed by atoms with Gasteiger partial charge in [-0.1, -0.05) is 30.3 Å². The van der Waals surface area contributed by atoms with Crippen LogP contribution in [0.4, 0.5) is 0 Å². The molecule has 0 aliphatic heterocycles. The number of rotatable bonds is 9. The van der Waals surface area contributed by atoms with E-state index in [4.69, 9.17) is 4.74 Å². The van der Waals surface area contributed by atoms with Crippen molar-refractivity contribution in [2.45, 2.75) is 13.5 Å². The van der Waals surface area contributed by atoms with Gasteiger partial charge in [0.2, 0.25) is 0 Å². The van der Waals surface area contributed by atoms with Crippen LogP contribution in [0.5, 0.6) is 0 Å². The first-order valence-corrected chi connectivity index (χ1v) is 7.49. The van der Waals surface area contributed by atoms with Crippen molar-refractivity contribution >= 4 is 23.8 Å². The summed E-state index contributed by atoms with van der Waals surface area (Å²) in [6, 6.07) is 9.04. The first kappa shape index (κ1) is 19.9. The van der Waals surface area contributed by atoms with E-state index in [0.29, 0.717) is 0 Å². The van der Waals surface area contributed by atoms with Gasteiger partial charge in [-0.15, -0.1) is 0 Å². The van der Waals surface area contributed by atoms with Gasteiger partial charge in [-0.05, 0) is 12.5 Å². The Bertz CT molecular complexity index is 625. The average Bonchev–Trinajstić information content (AvgIpc) is 2.62. The van der Waals surface area contributed by atoms with Gasteiger partial charge in [-0.2, -0.15) is 0 Å². The van der Waals surface area contributed by atoms with Crippen LogP contribution in [0.15, 0.2) is 42.5 Å². The number of ether oxygens (including phenoxy) is 3. The molecule has 0 atom stereocenters. The second-order valence-corrected chi connectivity index (χ2v) is 4.62. The van der Waals surface area contributed by atoms with Crippen molar-refractivity contribution in [1.82, 2.24) is 5.32 Å². The van der Waals surface area contributed by atoms with Gasteiger partial charge in [0, 0.05) is 12.2 Å². The van der Waals surface area contributed by atoms with Crippen molar-refractivity contribution < 1.29 is 33.4 Å². The molecule has 1 rings (SSSR count). The highest BCUT2D eigenvalue weighted by molar-refractivity contribution is 5.92. The molecule has 0 saturated heterocycles. The van der Waals surface area contributed by atoms with Gasteiger partial charge in [0.05, 0.1) is 6.61 Å². The smallest absolute Gasteiger partial charge is 0.331 e. The summed E-state index contributed by atoms with van der Waals surface area (Å²) in [5.74, 6) is -2.86. The fraction of sp³-hybridized carbons (Fsp3) is 0.294. The molecule has 0 unspecified atom stereocenters. The Hall–Kier alpha value is -3.16. The predicted octanol–water partition coefficient (Wildman–Crippen LogP) is 0.509. The Morgan fingerprint density at radius 3 is 2.24 bits per heavy atom. The molecule has 0 radical (unpaired) electrons. The maximum Gasteiger partial charge on any atom is 0.331 e. The van der Waals surface area contributed by atoms with Gasteiger partial charge in [-0.25, -0.2) is 9.59 Å². The van der Waals surface area contributed by atoms with E-state index in [1.54, 1.807) is 19.1 Å². The van der Waals surface area contributed by atoms with Gasteiger partial charge in [0.15, 0.2) is 6.61 Å². The third kappa shape index (κ3) is 9.54. The summed E-state index contributed by atoms with van der Waals surface area (Å²) in [5, 5.41) is 2.22. The molecule has 1 aromatic rings. The summed E-state index contributed by atoms with van der Waals surface area (Å²) in [5.41, 5.74) is 0.810. The Morgan fingerprint density at radius 2 is 1.60 bits per heavy atom. The molecule has 8 nitrogen and oxygen atoms in total. The first-order chi connectivity index (χ1) is 12.0. The predicted molar refractivity (Wildman–Crippen MR) is 86.0 cm³/mol. The van der Waals surface area contributed by atoms with Gasteiger partial charge in [0.1, 0.15) is 13.2 Å². The Morgan fingerprint density at radius 1 is 0.960 bits per heavy atom. The summed E-state index contributed by atoms with van der Waals surface area (Å²) in [7, 11) is 0. The van der Waals surface area contributed by atoms with Crippen molar-refractivity contribution in [3.8, 4) is 0 Å². The molecule has 0 aromatic heterocycles. The number of nitrogens with one attached hydrogen (secondary N) is 1. The Kier molecular flexibility index (Phi) is 9.06. The molecule has 1 N–H and O–H groups in total. The third-order valence-electron chi connectivity index (χ3n) is 2.66. The highest BCUT2D eigenvalue weighted by Crippen LogP contribution is 2.00. The number of amides is 1. The second kappa shape index (κ2) is 11.4. The Balaban J connectivity index is 2.22. The molecule has 0 fully saturated rings. The number of carbonyl (C=O) groups is 4. The molecular weight excluding hydrogens is 330 g/mol. The molecular formula is C17H19NO7.